The number of hydrogen-bond acceptors (Lipinski definition) is 6. The van der Waals surface area contributed by atoms with Crippen molar-refractivity contribution >= 4 is 38.3 Å². The van der Waals surface area contributed by atoms with E-state index in [1.54, 1.807) is 0 Å². The fourth-order valence-electron chi connectivity index (χ4n) is 2.19. The highest BCUT2D eigenvalue weighted by atomic mass is 35.5. The van der Waals surface area contributed by atoms with E-state index in [0.29, 0.717) is 11.0 Å². The lowest BCUT2D eigenvalue weighted by molar-refractivity contribution is -0.0530. The fourth-order valence-corrected chi connectivity index (χ4v) is 3.56. The summed E-state index contributed by atoms with van der Waals surface area (Å²) in [6.07, 6.45) is 1.25. The zero-order valence-electron chi connectivity index (χ0n) is 13.0. The third-order valence-corrected chi connectivity index (χ3v) is 4.85. The standard InChI is InChI=1S/C14H11ClF2N4O4S/c1-24-13-8(3-5-11(20-13)25-14(16)17)21-26(22,23)9-6-18-12-7(9)2-4-10(15)19-12/h2-6,14,21H,1H3,(H,18,19). The lowest BCUT2D eigenvalue weighted by Gasteiger charge is -2.12. The number of aromatic amines is 1. The van der Waals surface area contributed by atoms with Crippen LogP contribution in [0.4, 0.5) is 14.5 Å². The summed E-state index contributed by atoms with van der Waals surface area (Å²) in [5, 5.41) is 0.531. The average Bonchev–Trinajstić information content (AvgIpc) is 2.99. The van der Waals surface area contributed by atoms with E-state index in [0.717, 1.165) is 6.07 Å². The number of pyridine rings is 2. The molecule has 3 aromatic heterocycles. The molecule has 0 amide bonds. The van der Waals surface area contributed by atoms with E-state index in [2.05, 4.69) is 24.4 Å². The maximum absolute atomic E-state index is 12.7. The molecule has 0 bridgehead atoms. The molecule has 0 saturated heterocycles. The van der Waals surface area contributed by atoms with Gasteiger partial charge in [-0.3, -0.25) is 4.72 Å². The topological polar surface area (TPSA) is 106 Å². The number of fused-ring (bicyclic) bond motifs is 1. The zero-order chi connectivity index (χ0) is 18.9. The number of halogens is 3. The molecule has 3 heterocycles. The highest BCUT2D eigenvalue weighted by molar-refractivity contribution is 7.93. The summed E-state index contributed by atoms with van der Waals surface area (Å²) in [4.78, 5) is 10.3. The molecule has 0 radical (unpaired) electrons. The summed E-state index contributed by atoms with van der Waals surface area (Å²) < 4.78 is 61.2. The van der Waals surface area contributed by atoms with Crippen LogP contribution in [0.2, 0.25) is 5.15 Å². The van der Waals surface area contributed by atoms with Gasteiger partial charge < -0.3 is 14.5 Å². The first-order valence-electron chi connectivity index (χ1n) is 6.96. The molecular weight excluding hydrogens is 394 g/mol. The maximum atomic E-state index is 12.7. The largest absolute Gasteiger partial charge is 0.479 e. The highest BCUT2D eigenvalue weighted by Crippen LogP contribution is 2.30. The van der Waals surface area contributed by atoms with Gasteiger partial charge in [0.2, 0.25) is 11.8 Å². The minimum absolute atomic E-state index is 0.0506. The van der Waals surface area contributed by atoms with Crippen LogP contribution in [0, 0.1) is 0 Å². The molecule has 0 spiro atoms. The van der Waals surface area contributed by atoms with Crippen LogP contribution in [0.25, 0.3) is 11.0 Å². The molecule has 0 aliphatic rings. The molecule has 12 heteroatoms. The van der Waals surface area contributed by atoms with Crippen LogP contribution in [0.15, 0.2) is 35.4 Å². The lowest BCUT2D eigenvalue weighted by Crippen LogP contribution is -2.14. The van der Waals surface area contributed by atoms with E-state index in [9.17, 15) is 17.2 Å². The molecule has 3 rings (SSSR count). The van der Waals surface area contributed by atoms with E-state index >= 15 is 0 Å². The van der Waals surface area contributed by atoms with Crippen molar-refractivity contribution < 1.29 is 26.7 Å². The summed E-state index contributed by atoms with van der Waals surface area (Å²) in [5.74, 6) is -0.640. The maximum Gasteiger partial charge on any atom is 0.388 e. The van der Waals surface area contributed by atoms with Gasteiger partial charge in [0.25, 0.3) is 10.0 Å². The number of nitrogens with one attached hydrogen (secondary N) is 2. The van der Waals surface area contributed by atoms with E-state index < -0.39 is 22.5 Å². The second kappa shape index (κ2) is 6.92. The monoisotopic (exact) mass is 404 g/mol. The number of ether oxygens (including phenoxy) is 2. The summed E-state index contributed by atoms with van der Waals surface area (Å²) in [5.41, 5.74) is 0.244. The molecule has 0 aliphatic heterocycles. The number of rotatable bonds is 6. The summed E-state index contributed by atoms with van der Waals surface area (Å²) in [7, 11) is -2.84. The molecule has 8 nitrogen and oxygen atoms in total. The van der Waals surface area contributed by atoms with Gasteiger partial charge in [0, 0.05) is 17.6 Å². The van der Waals surface area contributed by atoms with Crippen molar-refractivity contribution in [2.24, 2.45) is 0 Å². The lowest BCUT2D eigenvalue weighted by atomic mass is 10.3. The van der Waals surface area contributed by atoms with Crippen LogP contribution < -0.4 is 14.2 Å². The zero-order valence-corrected chi connectivity index (χ0v) is 14.6. The number of H-pyrrole nitrogens is 1. The SMILES string of the molecule is COc1nc(OC(F)F)ccc1NS(=O)(=O)c1c[nH]c2nc(Cl)ccc12. The molecule has 0 unspecified atom stereocenters. The third kappa shape index (κ3) is 3.63. The Balaban J connectivity index is 1.96. The quantitative estimate of drug-likeness (QED) is 0.612. The first-order valence-corrected chi connectivity index (χ1v) is 8.82. The van der Waals surface area contributed by atoms with Gasteiger partial charge in [-0.05, 0) is 18.2 Å². The minimum Gasteiger partial charge on any atom is -0.479 e. The average molecular weight is 405 g/mol. The number of sulfonamides is 1. The molecule has 26 heavy (non-hydrogen) atoms. The number of anilines is 1. The Bertz CT molecular complexity index is 1060. The third-order valence-electron chi connectivity index (χ3n) is 3.24. The van der Waals surface area contributed by atoms with Crippen LogP contribution >= 0.6 is 11.6 Å². The van der Waals surface area contributed by atoms with Crippen molar-refractivity contribution in [1.82, 2.24) is 15.0 Å². The normalized spacial score (nSPS) is 11.7. The van der Waals surface area contributed by atoms with Crippen LogP contribution in [0.3, 0.4) is 0 Å². The van der Waals surface area contributed by atoms with Gasteiger partial charge in [0.15, 0.2) is 0 Å². The Labute approximate surface area is 151 Å². The van der Waals surface area contributed by atoms with Crippen molar-refractivity contribution in [2.45, 2.75) is 11.5 Å². The molecule has 3 aromatic rings. The number of nitrogens with zero attached hydrogens (tertiary/aromatic N) is 2. The van der Waals surface area contributed by atoms with E-state index in [1.807, 2.05) is 0 Å². The Morgan fingerprint density at radius 2 is 2.00 bits per heavy atom. The molecule has 138 valence electrons. The molecule has 0 fully saturated rings. The van der Waals surface area contributed by atoms with Crippen molar-refractivity contribution in [3.05, 3.63) is 35.6 Å². The molecule has 0 atom stereocenters. The van der Waals surface area contributed by atoms with Gasteiger partial charge in [-0.25, -0.2) is 13.4 Å². The number of aromatic nitrogens is 3. The predicted molar refractivity (Wildman–Crippen MR) is 89.3 cm³/mol. The van der Waals surface area contributed by atoms with Crippen molar-refractivity contribution in [1.29, 1.82) is 0 Å². The Kier molecular flexibility index (Phi) is 4.83. The van der Waals surface area contributed by atoms with Crippen molar-refractivity contribution in [3.63, 3.8) is 0 Å². The van der Waals surface area contributed by atoms with Crippen LogP contribution in [-0.2, 0) is 10.0 Å². The Hall–Kier alpha value is -2.66. The number of hydrogen-bond donors (Lipinski definition) is 2. The van der Waals surface area contributed by atoms with Gasteiger partial charge in [-0.1, -0.05) is 11.6 Å². The van der Waals surface area contributed by atoms with Gasteiger partial charge in [0.1, 0.15) is 21.4 Å². The first kappa shape index (κ1) is 18.1. The Morgan fingerprint density at radius 1 is 1.23 bits per heavy atom. The van der Waals surface area contributed by atoms with Gasteiger partial charge in [0.05, 0.1) is 7.11 Å². The summed E-state index contributed by atoms with van der Waals surface area (Å²) in [6, 6.07) is 5.24. The first-order chi connectivity index (χ1) is 12.3. The second-order valence-corrected chi connectivity index (χ2v) is 6.91. The fraction of sp³-hybridized carbons (Fsp3) is 0.143. The van der Waals surface area contributed by atoms with Gasteiger partial charge in [-0.2, -0.15) is 13.8 Å². The minimum atomic E-state index is -4.05. The molecule has 0 aliphatic carbocycles. The van der Waals surface area contributed by atoms with Gasteiger partial charge >= 0.3 is 6.61 Å². The van der Waals surface area contributed by atoms with Crippen LogP contribution in [0.5, 0.6) is 11.8 Å². The van der Waals surface area contributed by atoms with Crippen molar-refractivity contribution in [2.75, 3.05) is 11.8 Å². The Morgan fingerprint density at radius 3 is 2.69 bits per heavy atom. The number of alkyl halides is 2. The summed E-state index contributed by atoms with van der Waals surface area (Å²) in [6.45, 7) is -3.07. The van der Waals surface area contributed by atoms with E-state index in [-0.39, 0.29) is 21.6 Å². The van der Waals surface area contributed by atoms with Crippen LogP contribution in [0.1, 0.15) is 0 Å². The molecular formula is C14H11ClF2N4O4S. The number of methoxy groups -OCH3 is 1. The van der Waals surface area contributed by atoms with Crippen LogP contribution in [-0.4, -0.2) is 37.1 Å². The molecule has 2 N–H and O–H groups in total. The second-order valence-electron chi connectivity index (χ2n) is 4.87. The highest BCUT2D eigenvalue weighted by Gasteiger charge is 2.22. The van der Waals surface area contributed by atoms with E-state index in [1.165, 1.54) is 31.5 Å². The predicted octanol–water partition coefficient (Wildman–Crippen LogP) is 3.02. The van der Waals surface area contributed by atoms with Gasteiger partial charge in [-0.15, -0.1) is 0 Å². The smallest absolute Gasteiger partial charge is 0.388 e. The van der Waals surface area contributed by atoms with E-state index in [4.69, 9.17) is 16.3 Å². The molecule has 0 saturated carbocycles. The molecule has 0 aromatic carbocycles. The summed E-state index contributed by atoms with van der Waals surface area (Å²) >= 11 is 5.78. The van der Waals surface area contributed by atoms with Crippen molar-refractivity contribution in [3.8, 4) is 11.8 Å².